The summed E-state index contributed by atoms with van der Waals surface area (Å²) in [6.45, 7) is 3.78. The monoisotopic (exact) mass is 462 g/mol. The number of nitrogens with zero attached hydrogens (tertiary/aromatic N) is 2. The summed E-state index contributed by atoms with van der Waals surface area (Å²) in [5.41, 5.74) is 2.63. The van der Waals surface area contributed by atoms with E-state index in [0.717, 1.165) is 37.4 Å². The van der Waals surface area contributed by atoms with Gasteiger partial charge in [0, 0.05) is 50.4 Å². The molecule has 1 aliphatic heterocycles. The number of hydrogen-bond donors (Lipinski definition) is 1. The van der Waals surface area contributed by atoms with Gasteiger partial charge in [0.05, 0.1) is 12.7 Å². The number of aliphatic hydroxyl groups is 1. The number of β-amino-alcohol motifs (C(OH)–C–C–N with tert-alkyl or cyclic N) is 1. The maximum Gasteiger partial charge on any atom is 0.191 e. The van der Waals surface area contributed by atoms with Crippen molar-refractivity contribution in [2.75, 3.05) is 44.2 Å². The van der Waals surface area contributed by atoms with Gasteiger partial charge >= 0.3 is 0 Å². The average Bonchev–Trinajstić information content (AvgIpc) is 2.88. The number of carbonyl (C=O) groups is 1. The van der Waals surface area contributed by atoms with Gasteiger partial charge in [-0.1, -0.05) is 60.7 Å². The molecule has 6 heteroatoms. The zero-order chi connectivity index (χ0) is 23.8. The molecule has 1 saturated heterocycles. The van der Waals surface area contributed by atoms with Crippen LogP contribution in [0, 0.1) is 5.82 Å². The third-order valence-corrected chi connectivity index (χ3v) is 6.14. The third kappa shape index (κ3) is 6.73. The highest BCUT2D eigenvalue weighted by Gasteiger charge is 2.24. The lowest BCUT2D eigenvalue weighted by molar-refractivity contribution is -0.0139. The Labute approximate surface area is 200 Å². The normalized spacial score (nSPS) is 16.2. The highest BCUT2D eigenvalue weighted by molar-refractivity contribution is 5.99. The smallest absolute Gasteiger partial charge is 0.191 e. The van der Waals surface area contributed by atoms with E-state index in [1.54, 1.807) is 24.3 Å². The number of anilines is 1. The molecule has 178 valence electrons. The summed E-state index contributed by atoms with van der Waals surface area (Å²) >= 11 is 0. The first-order valence-corrected chi connectivity index (χ1v) is 11.7. The molecule has 4 rings (SSSR count). The highest BCUT2D eigenvalue weighted by atomic mass is 19.1. The van der Waals surface area contributed by atoms with Crippen LogP contribution in [-0.4, -0.2) is 67.3 Å². The van der Waals surface area contributed by atoms with Crippen molar-refractivity contribution >= 4 is 11.5 Å². The number of benzene rings is 3. The Balaban J connectivity index is 1.29. The number of carbonyl (C=O) groups excluding carboxylic acids is 1. The van der Waals surface area contributed by atoms with Crippen molar-refractivity contribution in [2.24, 2.45) is 0 Å². The Hall–Kier alpha value is -3.06. The lowest BCUT2D eigenvalue weighted by atomic mass is 10.00. The van der Waals surface area contributed by atoms with Gasteiger partial charge in [-0.3, -0.25) is 9.69 Å². The Bertz CT molecular complexity index is 1020. The average molecular weight is 463 g/mol. The molecule has 0 amide bonds. The number of halogens is 1. The van der Waals surface area contributed by atoms with Crippen molar-refractivity contribution in [3.05, 3.63) is 102 Å². The first-order valence-electron chi connectivity index (χ1n) is 11.7. The van der Waals surface area contributed by atoms with E-state index in [-0.39, 0.29) is 18.2 Å². The van der Waals surface area contributed by atoms with Crippen LogP contribution in [0.15, 0.2) is 84.9 Å². The van der Waals surface area contributed by atoms with E-state index in [2.05, 4.69) is 9.80 Å². The Morgan fingerprint density at radius 3 is 2.15 bits per heavy atom. The van der Waals surface area contributed by atoms with Gasteiger partial charge in [-0.15, -0.1) is 0 Å². The second kappa shape index (κ2) is 11.9. The van der Waals surface area contributed by atoms with Gasteiger partial charge < -0.3 is 14.7 Å². The van der Waals surface area contributed by atoms with Gasteiger partial charge in [0.1, 0.15) is 11.9 Å². The van der Waals surface area contributed by atoms with Crippen LogP contribution in [0.4, 0.5) is 10.1 Å². The van der Waals surface area contributed by atoms with E-state index in [0.29, 0.717) is 18.5 Å². The molecule has 0 bridgehead atoms. The fourth-order valence-corrected chi connectivity index (χ4v) is 4.26. The maximum absolute atomic E-state index is 13.2. The van der Waals surface area contributed by atoms with Crippen molar-refractivity contribution < 1.29 is 19.0 Å². The second-order valence-electron chi connectivity index (χ2n) is 8.66. The summed E-state index contributed by atoms with van der Waals surface area (Å²) in [6, 6.07) is 25.5. The van der Waals surface area contributed by atoms with Crippen LogP contribution >= 0.6 is 0 Å². The molecular weight excluding hydrogens is 431 g/mol. The van der Waals surface area contributed by atoms with Crippen LogP contribution in [0.3, 0.4) is 0 Å². The molecule has 0 aromatic heterocycles. The maximum atomic E-state index is 13.2. The van der Waals surface area contributed by atoms with Crippen LogP contribution < -0.4 is 4.90 Å². The van der Waals surface area contributed by atoms with Crippen LogP contribution in [0.25, 0.3) is 0 Å². The first-order chi connectivity index (χ1) is 16.6. The molecule has 2 unspecified atom stereocenters. The summed E-state index contributed by atoms with van der Waals surface area (Å²) in [5.74, 6) is -0.314. The summed E-state index contributed by atoms with van der Waals surface area (Å²) in [7, 11) is 0. The molecular formula is C28H31FN2O3. The Morgan fingerprint density at radius 1 is 0.882 bits per heavy atom. The summed E-state index contributed by atoms with van der Waals surface area (Å²) in [5, 5.41) is 10.6. The van der Waals surface area contributed by atoms with Crippen molar-refractivity contribution in [2.45, 2.75) is 18.6 Å². The van der Waals surface area contributed by atoms with Crippen LogP contribution in [-0.2, 0) is 11.2 Å². The molecule has 1 N–H and O–H groups in total. The number of piperazine rings is 1. The van der Waals surface area contributed by atoms with E-state index in [1.807, 2.05) is 48.5 Å². The molecule has 5 nitrogen and oxygen atoms in total. The molecule has 0 radical (unpaired) electrons. The fraction of sp³-hybridized carbons (Fsp3) is 0.321. The zero-order valence-electron chi connectivity index (χ0n) is 19.2. The third-order valence-electron chi connectivity index (χ3n) is 6.14. The fourth-order valence-electron chi connectivity index (χ4n) is 4.26. The van der Waals surface area contributed by atoms with Crippen molar-refractivity contribution in [3.8, 4) is 0 Å². The summed E-state index contributed by atoms with van der Waals surface area (Å²) in [6.07, 6.45) is -0.897. The van der Waals surface area contributed by atoms with Gasteiger partial charge in [-0.25, -0.2) is 4.39 Å². The Morgan fingerprint density at radius 2 is 1.50 bits per heavy atom. The predicted molar refractivity (Wildman–Crippen MR) is 132 cm³/mol. The molecule has 3 aromatic rings. The molecule has 3 aromatic carbocycles. The van der Waals surface area contributed by atoms with Crippen LogP contribution in [0.5, 0.6) is 0 Å². The number of ketones is 1. The summed E-state index contributed by atoms with van der Waals surface area (Å²) < 4.78 is 19.2. The minimum Gasteiger partial charge on any atom is -0.389 e. The molecule has 2 atom stereocenters. The molecule has 1 fully saturated rings. The quantitative estimate of drug-likeness (QED) is 0.465. The number of aliphatic hydroxyl groups excluding tert-OH is 1. The molecule has 34 heavy (non-hydrogen) atoms. The lowest BCUT2D eigenvalue weighted by Crippen LogP contribution is -2.49. The standard InChI is InChI=1S/C28H31FN2O3/c29-24-11-13-25(14-12-24)31-17-15-30(16-18-31)20-26(32)21-34-27(19-22-7-3-1-4-8-22)28(33)23-9-5-2-6-10-23/h1-14,26-27,32H,15-21H2. The van der Waals surface area contributed by atoms with E-state index in [9.17, 15) is 14.3 Å². The molecule has 0 saturated carbocycles. The van der Waals surface area contributed by atoms with E-state index in [1.165, 1.54) is 12.1 Å². The number of hydrogen-bond acceptors (Lipinski definition) is 5. The minimum absolute atomic E-state index is 0.0791. The van der Waals surface area contributed by atoms with Gasteiger partial charge in [-0.2, -0.15) is 0 Å². The molecule has 0 spiro atoms. The zero-order valence-corrected chi connectivity index (χ0v) is 19.2. The minimum atomic E-state index is -0.695. The molecule has 1 aliphatic rings. The van der Waals surface area contributed by atoms with E-state index >= 15 is 0 Å². The van der Waals surface area contributed by atoms with Gasteiger partial charge in [-0.05, 0) is 29.8 Å². The van der Waals surface area contributed by atoms with Crippen LogP contribution in [0.2, 0.25) is 0 Å². The highest BCUT2D eigenvalue weighted by Crippen LogP contribution is 2.17. The summed E-state index contributed by atoms with van der Waals surface area (Å²) in [4.78, 5) is 17.5. The van der Waals surface area contributed by atoms with Crippen LogP contribution in [0.1, 0.15) is 15.9 Å². The van der Waals surface area contributed by atoms with Gasteiger partial charge in [0.25, 0.3) is 0 Å². The molecule has 0 aliphatic carbocycles. The topological polar surface area (TPSA) is 53.0 Å². The largest absolute Gasteiger partial charge is 0.389 e. The SMILES string of the molecule is O=C(c1ccccc1)C(Cc1ccccc1)OCC(O)CN1CCN(c2ccc(F)cc2)CC1. The first kappa shape index (κ1) is 24.1. The van der Waals surface area contributed by atoms with Crippen molar-refractivity contribution in [1.29, 1.82) is 0 Å². The molecule has 1 heterocycles. The van der Waals surface area contributed by atoms with E-state index in [4.69, 9.17) is 4.74 Å². The number of rotatable bonds is 10. The second-order valence-corrected chi connectivity index (χ2v) is 8.66. The van der Waals surface area contributed by atoms with Gasteiger partial charge in [0.2, 0.25) is 0 Å². The van der Waals surface area contributed by atoms with Crippen molar-refractivity contribution in [1.82, 2.24) is 4.90 Å². The predicted octanol–water partition coefficient (Wildman–Crippen LogP) is 3.82. The number of Topliss-reactive ketones (excluding diaryl/α,β-unsaturated/α-hetero) is 1. The Kier molecular flexibility index (Phi) is 8.41. The lowest BCUT2D eigenvalue weighted by Gasteiger charge is -2.37. The number of ether oxygens (including phenoxy) is 1. The van der Waals surface area contributed by atoms with Gasteiger partial charge in [0.15, 0.2) is 5.78 Å². The van der Waals surface area contributed by atoms with E-state index < -0.39 is 12.2 Å². The van der Waals surface area contributed by atoms with Crippen molar-refractivity contribution in [3.63, 3.8) is 0 Å².